The van der Waals surface area contributed by atoms with E-state index >= 15 is 0 Å². The van der Waals surface area contributed by atoms with Gasteiger partial charge in [-0.25, -0.2) is 4.79 Å². The van der Waals surface area contributed by atoms with E-state index in [-0.39, 0.29) is 6.42 Å². The van der Waals surface area contributed by atoms with Crippen LogP contribution in [0.1, 0.15) is 18.5 Å². The van der Waals surface area contributed by atoms with Crippen LogP contribution < -0.4 is 5.32 Å². The molecule has 1 aromatic rings. The molecule has 7 nitrogen and oxygen atoms in total. The zero-order valence-corrected chi connectivity index (χ0v) is 11.9. The Hall–Kier alpha value is -2.38. The number of amides is 2. The maximum absolute atomic E-state index is 12.6. The molecule has 2 rings (SSSR count). The van der Waals surface area contributed by atoms with E-state index in [0.29, 0.717) is 25.1 Å². The summed E-state index contributed by atoms with van der Waals surface area (Å²) in [5.74, 6) is -2.32. The van der Waals surface area contributed by atoms with Crippen molar-refractivity contribution in [2.75, 3.05) is 6.54 Å². The van der Waals surface area contributed by atoms with Crippen LogP contribution in [0.2, 0.25) is 0 Å². The Morgan fingerprint density at radius 2 is 2.23 bits per heavy atom. The minimum absolute atomic E-state index is 0.158. The first-order valence-electron chi connectivity index (χ1n) is 6.98. The molecular formula is C14H16BN3O4. The van der Waals surface area contributed by atoms with Gasteiger partial charge in [-0.3, -0.25) is 14.6 Å². The first-order valence-corrected chi connectivity index (χ1v) is 6.98. The molecule has 114 valence electrons. The molecule has 0 aliphatic carbocycles. The third kappa shape index (κ3) is 3.84. The minimum atomic E-state index is -1.04. The number of aromatic nitrogens is 1. The maximum Gasteiger partial charge on any atom is 0.326 e. The lowest BCUT2D eigenvalue weighted by Crippen LogP contribution is -2.52. The molecule has 0 aromatic carbocycles. The van der Waals surface area contributed by atoms with Gasteiger partial charge < -0.3 is 15.3 Å². The van der Waals surface area contributed by atoms with Crippen LogP contribution in [-0.2, 0) is 16.0 Å². The standard InChI is InChI=1S/C14H16BN3O4/c15-14(22)17-10(8-9-4-1-2-6-16-9)12(19)18-7-3-5-11(18)13(20)21/h1-2,4,6,10-11H,3,5,7-8H2,(H,17,22)(H,20,21)/t10?,11-/m0/s1. The Morgan fingerprint density at radius 3 is 2.82 bits per heavy atom. The van der Waals surface area contributed by atoms with Gasteiger partial charge >= 0.3 is 5.97 Å². The van der Waals surface area contributed by atoms with E-state index in [1.54, 1.807) is 24.4 Å². The average molecular weight is 301 g/mol. The van der Waals surface area contributed by atoms with Crippen LogP contribution in [0, 0.1) is 0 Å². The number of carbonyl (C=O) groups excluding carboxylic acids is 2. The van der Waals surface area contributed by atoms with Crippen molar-refractivity contribution >= 4 is 25.5 Å². The number of hydrogen-bond donors (Lipinski definition) is 2. The van der Waals surface area contributed by atoms with E-state index in [9.17, 15) is 14.4 Å². The summed E-state index contributed by atoms with van der Waals surface area (Å²) in [7, 11) is 5.12. The van der Waals surface area contributed by atoms with Crippen molar-refractivity contribution in [3.8, 4) is 0 Å². The van der Waals surface area contributed by atoms with Crippen molar-refractivity contribution in [3.05, 3.63) is 30.1 Å². The van der Waals surface area contributed by atoms with Gasteiger partial charge in [0, 0.05) is 24.9 Å². The summed E-state index contributed by atoms with van der Waals surface area (Å²) >= 11 is 0. The Labute approximate surface area is 129 Å². The van der Waals surface area contributed by atoms with Crippen molar-refractivity contribution in [1.29, 1.82) is 0 Å². The van der Waals surface area contributed by atoms with Crippen LogP contribution in [0.3, 0.4) is 0 Å². The van der Waals surface area contributed by atoms with Crippen LogP contribution in [-0.4, -0.2) is 59.1 Å². The highest BCUT2D eigenvalue weighted by Crippen LogP contribution is 2.19. The zero-order valence-electron chi connectivity index (χ0n) is 11.9. The molecule has 2 heterocycles. The van der Waals surface area contributed by atoms with Crippen molar-refractivity contribution in [2.24, 2.45) is 0 Å². The molecule has 1 aliphatic heterocycles. The fourth-order valence-electron chi connectivity index (χ4n) is 2.59. The van der Waals surface area contributed by atoms with Crippen molar-refractivity contribution in [1.82, 2.24) is 15.2 Å². The highest BCUT2D eigenvalue weighted by molar-refractivity contribution is 6.57. The number of hydrogen-bond acceptors (Lipinski definition) is 4. The molecule has 1 unspecified atom stereocenters. The quantitative estimate of drug-likeness (QED) is 0.743. The van der Waals surface area contributed by atoms with Crippen LogP contribution >= 0.6 is 0 Å². The second-order valence-corrected chi connectivity index (χ2v) is 5.11. The lowest BCUT2D eigenvalue weighted by molar-refractivity contribution is -0.148. The lowest BCUT2D eigenvalue weighted by atomic mass is 10.0. The summed E-state index contributed by atoms with van der Waals surface area (Å²) in [5.41, 5.74) is 0.612. The Kier molecular flexibility index (Phi) is 5.14. The normalized spacial score (nSPS) is 18.7. The molecule has 1 aromatic heterocycles. The number of aliphatic carboxylic acids is 1. The molecule has 2 N–H and O–H groups in total. The fraction of sp³-hybridized carbons (Fsp3) is 0.429. The van der Waals surface area contributed by atoms with Gasteiger partial charge in [0.05, 0.1) is 0 Å². The average Bonchev–Trinajstić information content (AvgIpc) is 2.96. The SMILES string of the molecule is [B]C(=O)NC(Cc1ccccn1)C(=O)N1CCC[C@H]1C(=O)O. The van der Waals surface area contributed by atoms with Crippen LogP contribution in [0.15, 0.2) is 24.4 Å². The van der Waals surface area contributed by atoms with E-state index in [0.717, 1.165) is 0 Å². The number of carbonyl (C=O) groups is 3. The summed E-state index contributed by atoms with van der Waals surface area (Å²) in [5, 5.41) is 11.5. The number of pyridine rings is 1. The molecule has 1 fully saturated rings. The van der Waals surface area contributed by atoms with E-state index in [1.807, 2.05) is 0 Å². The molecule has 22 heavy (non-hydrogen) atoms. The van der Waals surface area contributed by atoms with E-state index in [1.165, 1.54) is 4.90 Å². The third-order valence-electron chi connectivity index (χ3n) is 3.57. The second-order valence-electron chi connectivity index (χ2n) is 5.11. The molecule has 0 bridgehead atoms. The van der Waals surface area contributed by atoms with Gasteiger partial charge in [-0.2, -0.15) is 0 Å². The second kappa shape index (κ2) is 7.06. The van der Waals surface area contributed by atoms with Gasteiger partial charge in [0.25, 0.3) is 0 Å². The first-order chi connectivity index (χ1) is 10.5. The molecule has 1 aliphatic rings. The molecular weight excluding hydrogens is 285 g/mol. The van der Waals surface area contributed by atoms with Gasteiger partial charge in [0.2, 0.25) is 13.8 Å². The molecule has 0 saturated carbocycles. The Balaban J connectivity index is 2.15. The van der Waals surface area contributed by atoms with Crippen molar-refractivity contribution in [2.45, 2.75) is 31.3 Å². The predicted octanol–water partition coefficient (Wildman–Crippen LogP) is -0.0536. The smallest absolute Gasteiger partial charge is 0.326 e. The van der Waals surface area contributed by atoms with Gasteiger partial charge in [-0.15, -0.1) is 0 Å². The molecule has 2 radical (unpaired) electrons. The van der Waals surface area contributed by atoms with Crippen molar-refractivity contribution < 1.29 is 19.5 Å². The molecule has 2 amide bonds. The zero-order chi connectivity index (χ0) is 16.1. The van der Waals surface area contributed by atoms with E-state index < -0.39 is 29.8 Å². The van der Waals surface area contributed by atoms with Gasteiger partial charge in [0.1, 0.15) is 12.1 Å². The van der Waals surface area contributed by atoms with E-state index in [4.69, 9.17) is 13.0 Å². The van der Waals surface area contributed by atoms with Crippen molar-refractivity contribution in [3.63, 3.8) is 0 Å². The van der Waals surface area contributed by atoms with Gasteiger partial charge in [0.15, 0.2) is 5.81 Å². The van der Waals surface area contributed by atoms with Gasteiger partial charge in [-0.05, 0) is 25.0 Å². The topological polar surface area (TPSA) is 99.6 Å². The lowest BCUT2D eigenvalue weighted by Gasteiger charge is -2.27. The summed E-state index contributed by atoms with van der Waals surface area (Å²) in [6, 6.07) is 3.45. The molecule has 0 spiro atoms. The fourth-order valence-corrected chi connectivity index (χ4v) is 2.59. The number of carboxylic acid groups (broad SMARTS) is 1. The first kappa shape index (κ1) is 16.0. The monoisotopic (exact) mass is 301 g/mol. The molecule has 8 heteroatoms. The van der Waals surface area contributed by atoms with Gasteiger partial charge in [-0.1, -0.05) is 6.07 Å². The van der Waals surface area contributed by atoms with Crippen LogP contribution in [0.4, 0.5) is 4.79 Å². The minimum Gasteiger partial charge on any atom is -0.480 e. The summed E-state index contributed by atoms with van der Waals surface area (Å²) in [4.78, 5) is 40.3. The number of likely N-dealkylation sites (tertiary alicyclic amines) is 1. The Bertz CT molecular complexity index is 566. The predicted molar refractivity (Wildman–Crippen MR) is 78.4 cm³/mol. The highest BCUT2D eigenvalue weighted by Gasteiger charge is 2.37. The number of rotatable bonds is 5. The Morgan fingerprint density at radius 1 is 1.45 bits per heavy atom. The number of nitrogens with zero attached hydrogens (tertiary/aromatic N) is 2. The largest absolute Gasteiger partial charge is 0.480 e. The summed E-state index contributed by atoms with van der Waals surface area (Å²) < 4.78 is 0. The summed E-state index contributed by atoms with van der Waals surface area (Å²) in [6.07, 6.45) is 2.77. The summed E-state index contributed by atoms with van der Waals surface area (Å²) in [6.45, 7) is 0.356. The van der Waals surface area contributed by atoms with E-state index in [2.05, 4.69) is 10.3 Å². The number of nitrogens with one attached hydrogen (secondary N) is 1. The number of carboxylic acids is 1. The molecule has 2 atom stereocenters. The maximum atomic E-state index is 12.6. The molecule has 1 saturated heterocycles. The van der Waals surface area contributed by atoms with Crippen LogP contribution in [0.5, 0.6) is 0 Å². The third-order valence-corrected chi connectivity index (χ3v) is 3.57. The van der Waals surface area contributed by atoms with Crippen LogP contribution in [0.25, 0.3) is 0 Å². The highest BCUT2D eigenvalue weighted by atomic mass is 16.4.